The van der Waals surface area contributed by atoms with E-state index in [1.165, 1.54) is 10.8 Å². The highest BCUT2D eigenvalue weighted by Crippen LogP contribution is 2.46. The molecule has 3 nitrogen and oxygen atoms in total. The van der Waals surface area contributed by atoms with Crippen molar-refractivity contribution in [1.29, 1.82) is 0 Å². The third-order valence-electron chi connectivity index (χ3n) is 12.9. The van der Waals surface area contributed by atoms with Crippen molar-refractivity contribution >= 4 is 82.4 Å². The second-order valence-corrected chi connectivity index (χ2v) is 16.5. The van der Waals surface area contributed by atoms with Gasteiger partial charge < -0.3 is 13.9 Å². The second-order valence-electron chi connectivity index (χ2n) is 16.5. The van der Waals surface area contributed by atoms with Crippen LogP contribution >= 0.6 is 0 Å². The average Bonchev–Trinajstić information content (AvgIpc) is 3.94. The van der Waals surface area contributed by atoms with Crippen LogP contribution in [0.3, 0.4) is 0 Å². The predicted molar refractivity (Wildman–Crippen MR) is 274 cm³/mol. The minimum atomic E-state index is -0.145. The Balaban J connectivity index is 1.03. The number of nitrogens with zero attached hydrogens (tertiary/aromatic N) is 2. The van der Waals surface area contributed by atoms with Crippen molar-refractivity contribution in [2.75, 3.05) is 4.90 Å². The zero-order valence-corrected chi connectivity index (χ0v) is 35.1. The standard InChI is InChI=1S/C62H40N2O/c1-2-17-45-40-61-55(39-44(45)16-1)62-54(25-14-30-60(62)65-61)53-23-8-10-27-57(53)63(46-35-31-42(32-36-46)49-24-13-18-41-15-3-4-19-48(41)49)47-37-33-43(34-38-47)50-20-5-9-26-56(50)64-58-28-11-6-21-51(58)52-22-7-12-29-59(52)64/h1-40H/i31D,32D,35D,36D. The minimum absolute atomic E-state index is 0.114. The first kappa shape index (κ1) is 33.0. The Kier molecular flexibility index (Phi) is 7.61. The van der Waals surface area contributed by atoms with Crippen molar-refractivity contribution in [2.45, 2.75) is 0 Å². The van der Waals surface area contributed by atoms with Gasteiger partial charge in [-0.25, -0.2) is 0 Å². The number of hydrogen-bond acceptors (Lipinski definition) is 2. The summed E-state index contributed by atoms with van der Waals surface area (Å²) in [4.78, 5) is 1.90. The van der Waals surface area contributed by atoms with Crippen LogP contribution in [0.1, 0.15) is 5.48 Å². The fraction of sp³-hybridized carbons (Fsp3) is 0. The lowest BCUT2D eigenvalue weighted by molar-refractivity contribution is 0.669. The Bertz CT molecular complexity index is 4120. The molecule has 0 atom stereocenters. The quantitative estimate of drug-likeness (QED) is 0.160. The number of aromatic nitrogens is 1. The van der Waals surface area contributed by atoms with Crippen LogP contribution in [0.25, 0.3) is 104 Å². The Hall–Kier alpha value is -8.66. The van der Waals surface area contributed by atoms with Gasteiger partial charge in [0.05, 0.1) is 27.9 Å². The Morgan fingerprint density at radius 1 is 0.369 bits per heavy atom. The van der Waals surface area contributed by atoms with Gasteiger partial charge in [0, 0.05) is 44.0 Å². The zero-order chi connectivity index (χ0) is 46.3. The molecular formula is C62H40N2O. The molecule has 0 bridgehead atoms. The van der Waals surface area contributed by atoms with Crippen LogP contribution < -0.4 is 4.90 Å². The molecule has 3 heteroatoms. The topological polar surface area (TPSA) is 21.3 Å². The molecule has 0 aliphatic carbocycles. The number of rotatable bonds is 7. The molecule has 0 saturated heterocycles. The SMILES string of the molecule is [2H]c1c([2H])c(N(c2ccc(-c3ccccc3-n3c4ccccc4c4ccccc43)cc2)c2ccccc2-c2cccc3oc4cc5ccccc5cc4c23)c([2H])c([2H])c1-c1cccc2ccccc12. The monoisotopic (exact) mass is 832 g/mol. The molecule has 0 radical (unpaired) electrons. The lowest BCUT2D eigenvalue weighted by Crippen LogP contribution is -2.11. The van der Waals surface area contributed by atoms with Gasteiger partial charge in [0.25, 0.3) is 0 Å². The van der Waals surface area contributed by atoms with E-state index in [-0.39, 0.29) is 35.4 Å². The van der Waals surface area contributed by atoms with Gasteiger partial charge in [0.15, 0.2) is 0 Å². The first-order valence-electron chi connectivity index (χ1n) is 23.9. The highest BCUT2D eigenvalue weighted by Gasteiger charge is 2.22. The summed E-state index contributed by atoms with van der Waals surface area (Å²) >= 11 is 0. The summed E-state index contributed by atoms with van der Waals surface area (Å²) < 4.78 is 48.1. The summed E-state index contributed by atoms with van der Waals surface area (Å²) in [6.07, 6.45) is 0. The largest absolute Gasteiger partial charge is 0.456 e. The first-order valence-corrected chi connectivity index (χ1v) is 21.9. The van der Waals surface area contributed by atoms with Gasteiger partial charge in [0.1, 0.15) is 11.2 Å². The van der Waals surface area contributed by atoms with E-state index in [9.17, 15) is 5.48 Å². The summed E-state index contributed by atoms with van der Waals surface area (Å²) in [5, 5.41) is 8.32. The molecular weight excluding hydrogens is 789 g/mol. The zero-order valence-electron chi connectivity index (χ0n) is 39.1. The highest BCUT2D eigenvalue weighted by atomic mass is 16.3. The molecule has 0 saturated carbocycles. The van der Waals surface area contributed by atoms with Crippen LogP contribution in [0.15, 0.2) is 247 Å². The third kappa shape index (κ3) is 6.05. The molecule has 65 heavy (non-hydrogen) atoms. The minimum Gasteiger partial charge on any atom is -0.456 e. The van der Waals surface area contributed by atoms with E-state index in [1.54, 1.807) is 0 Å². The molecule has 0 amide bonds. The molecule has 0 unspecified atom stereocenters. The van der Waals surface area contributed by atoms with Gasteiger partial charge in [-0.1, -0.05) is 176 Å². The van der Waals surface area contributed by atoms with E-state index in [4.69, 9.17) is 4.42 Å². The summed E-state index contributed by atoms with van der Waals surface area (Å²) in [5.74, 6) is 0. The summed E-state index contributed by atoms with van der Waals surface area (Å²) in [6.45, 7) is 0. The van der Waals surface area contributed by atoms with E-state index < -0.39 is 0 Å². The fourth-order valence-corrected chi connectivity index (χ4v) is 9.90. The summed E-state index contributed by atoms with van der Waals surface area (Å²) in [7, 11) is 0. The molecule has 0 aliphatic rings. The molecule has 2 heterocycles. The highest BCUT2D eigenvalue weighted by molar-refractivity contribution is 6.17. The maximum Gasteiger partial charge on any atom is 0.136 e. The van der Waals surface area contributed by atoms with Gasteiger partial charge in [-0.05, 0) is 110 Å². The van der Waals surface area contributed by atoms with E-state index in [0.717, 1.165) is 82.5 Å². The lowest BCUT2D eigenvalue weighted by atomic mass is 9.95. The summed E-state index contributed by atoms with van der Waals surface area (Å²) in [5.41, 5.74) is 11.0. The Morgan fingerprint density at radius 2 is 0.938 bits per heavy atom. The van der Waals surface area contributed by atoms with Crippen molar-refractivity contribution in [3.63, 3.8) is 0 Å². The second kappa shape index (κ2) is 15.0. The molecule has 0 spiro atoms. The van der Waals surface area contributed by atoms with Gasteiger partial charge in [0.2, 0.25) is 0 Å². The number of benzene rings is 11. The van der Waals surface area contributed by atoms with Crippen LogP contribution in [-0.2, 0) is 0 Å². The van der Waals surface area contributed by atoms with Crippen LogP contribution in [-0.4, -0.2) is 4.57 Å². The van der Waals surface area contributed by atoms with Crippen LogP contribution in [0.5, 0.6) is 0 Å². The van der Waals surface area contributed by atoms with Gasteiger partial charge in [-0.15, -0.1) is 0 Å². The van der Waals surface area contributed by atoms with Gasteiger partial charge in [-0.2, -0.15) is 0 Å². The van der Waals surface area contributed by atoms with Gasteiger partial charge in [-0.3, -0.25) is 0 Å². The van der Waals surface area contributed by atoms with E-state index in [1.807, 2.05) is 102 Å². The van der Waals surface area contributed by atoms with Crippen molar-refractivity contribution in [3.8, 4) is 39.1 Å². The number of furan rings is 1. The van der Waals surface area contributed by atoms with E-state index >= 15 is 0 Å². The molecule has 2 aromatic heterocycles. The summed E-state index contributed by atoms with van der Waals surface area (Å²) in [6, 6.07) is 73.5. The van der Waals surface area contributed by atoms with E-state index in [2.05, 4.69) is 126 Å². The molecule has 13 aromatic rings. The van der Waals surface area contributed by atoms with Gasteiger partial charge >= 0.3 is 0 Å². The average molecular weight is 833 g/mol. The maximum absolute atomic E-state index is 9.89. The molecule has 304 valence electrons. The molecule has 0 N–H and O–H groups in total. The van der Waals surface area contributed by atoms with Crippen LogP contribution in [0.2, 0.25) is 0 Å². The fourth-order valence-electron chi connectivity index (χ4n) is 9.90. The third-order valence-corrected chi connectivity index (χ3v) is 12.9. The van der Waals surface area contributed by atoms with Crippen molar-refractivity contribution in [1.82, 2.24) is 4.57 Å². The Morgan fingerprint density at radius 3 is 1.71 bits per heavy atom. The lowest BCUT2D eigenvalue weighted by Gasteiger charge is -2.28. The number of para-hydroxylation sites is 4. The smallest absolute Gasteiger partial charge is 0.136 e. The maximum atomic E-state index is 9.89. The molecule has 13 rings (SSSR count). The van der Waals surface area contributed by atoms with Crippen molar-refractivity contribution in [2.24, 2.45) is 0 Å². The normalized spacial score (nSPS) is 12.6. The Labute approximate surface area is 381 Å². The van der Waals surface area contributed by atoms with Crippen LogP contribution in [0.4, 0.5) is 17.1 Å². The number of fused-ring (bicyclic) bond motifs is 8. The molecule has 0 aliphatic heterocycles. The molecule has 11 aromatic carbocycles. The van der Waals surface area contributed by atoms with E-state index in [0.29, 0.717) is 16.9 Å². The van der Waals surface area contributed by atoms with Crippen molar-refractivity contribution < 1.29 is 9.90 Å². The number of anilines is 3. The number of hydrogen-bond donors (Lipinski definition) is 0. The first-order chi connectivity index (χ1) is 33.9. The van der Waals surface area contributed by atoms with Crippen molar-refractivity contribution in [3.05, 3.63) is 243 Å². The molecule has 0 fully saturated rings. The van der Waals surface area contributed by atoms with Crippen LogP contribution in [0, 0.1) is 0 Å². The predicted octanol–water partition coefficient (Wildman–Crippen LogP) is 17.5.